The molecule has 1 unspecified atom stereocenters. The summed E-state index contributed by atoms with van der Waals surface area (Å²) in [5.74, 6) is 0. The van der Waals surface area contributed by atoms with Crippen molar-refractivity contribution in [2.24, 2.45) is 0 Å². The van der Waals surface area contributed by atoms with Gasteiger partial charge >= 0.3 is 0 Å². The SMILES string of the molecule is CC(O)c1c(-c2ccc(Cl)cc2)ccc2ccccc12. The Balaban J connectivity index is 2.30. The molecule has 100 valence electrons. The van der Waals surface area contributed by atoms with Crippen LogP contribution in [0, 0.1) is 0 Å². The Hall–Kier alpha value is -1.83. The maximum atomic E-state index is 10.2. The van der Waals surface area contributed by atoms with Crippen molar-refractivity contribution >= 4 is 22.4 Å². The minimum Gasteiger partial charge on any atom is -0.389 e. The maximum Gasteiger partial charge on any atom is 0.0773 e. The predicted molar refractivity (Wildman–Crippen MR) is 85.0 cm³/mol. The van der Waals surface area contributed by atoms with E-state index >= 15 is 0 Å². The Bertz CT molecular complexity index is 745. The first kappa shape index (κ1) is 13.2. The summed E-state index contributed by atoms with van der Waals surface area (Å²) in [4.78, 5) is 0. The molecule has 0 aromatic heterocycles. The number of benzene rings is 3. The van der Waals surface area contributed by atoms with Gasteiger partial charge < -0.3 is 5.11 Å². The molecule has 20 heavy (non-hydrogen) atoms. The van der Waals surface area contributed by atoms with Gasteiger partial charge in [-0.05, 0) is 46.5 Å². The van der Waals surface area contributed by atoms with Crippen molar-refractivity contribution in [3.8, 4) is 11.1 Å². The van der Waals surface area contributed by atoms with Gasteiger partial charge in [0, 0.05) is 5.02 Å². The lowest BCUT2D eigenvalue weighted by atomic mass is 9.91. The predicted octanol–water partition coefficient (Wildman–Crippen LogP) is 5.21. The van der Waals surface area contributed by atoms with Crippen molar-refractivity contribution in [1.82, 2.24) is 0 Å². The second-order valence-electron chi connectivity index (χ2n) is 4.93. The van der Waals surface area contributed by atoms with Crippen molar-refractivity contribution in [3.63, 3.8) is 0 Å². The Kier molecular flexibility index (Phi) is 3.47. The van der Waals surface area contributed by atoms with Gasteiger partial charge in [0.15, 0.2) is 0 Å². The molecule has 0 radical (unpaired) electrons. The molecule has 1 atom stereocenters. The molecule has 3 aromatic carbocycles. The average Bonchev–Trinajstić information content (AvgIpc) is 2.46. The number of aliphatic hydroxyl groups excluding tert-OH is 1. The quantitative estimate of drug-likeness (QED) is 0.684. The molecule has 1 nitrogen and oxygen atoms in total. The first-order valence-corrected chi connectivity index (χ1v) is 7.00. The standard InChI is InChI=1S/C18H15ClO/c1-12(20)18-16-5-3-2-4-13(16)8-11-17(18)14-6-9-15(19)10-7-14/h2-12,20H,1H3. The number of rotatable bonds is 2. The molecule has 0 heterocycles. The third-order valence-corrected chi connectivity index (χ3v) is 3.80. The molecule has 0 bridgehead atoms. The largest absolute Gasteiger partial charge is 0.389 e. The molecule has 0 aliphatic heterocycles. The highest BCUT2D eigenvalue weighted by molar-refractivity contribution is 6.30. The molecular formula is C18H15ClO. The number of halogens is 1. The zero-order valence-corrected chi connectivity index (χ0v) is 11.9. The number of aliphatic hydroxyl groups is 1. The van der Waals surface area contributed by atoms with Gasteiger partial charge in [0.05, 0.1) is 6.10 Å². The van der Waals surface area contributed by atoms with Crippen molar-refractivity contribution < 1.29 is 5.11 Å². The van der Waals surface area contributed by atoms with E-state index in [1.165, 1.54) is 0 Å². The van der Waals surface area contributed by atoms with E-state index in [1.54, 1.807) is 6.92 Å². The zero-order chi connectivity index (χ0) is 14.1. The van der Waals surface area contributed by atoms with Crippen molar-refractivity contribution in [3.05, 3.63) is 71.2 Å². The summed E-state index contributed by atoms with van der Waals surface area (Å²) in [6.07, 6.45) is -0.522. The van der Waals surface area contributed by atoms with Crippen LogP contribution < -0.4 is 0 Å². The highest BCUT2D eigenvalue weighted by Crippen LogP contribution is 2.34. The molecule has 0 saturated carbocycles. The third-order valence-electron chi connectivity index (χ3n) is 3.54. The highest BCUT2D eigenvalue weighted by atomic mass is 35.5. The van der Waals surface area contributed by atoms with Gasteiger partial charge in [-0.25, -0.2) is 0 Å². The van der Waals surface area contributed by atoms with Crippen LogP contribution in [0.1, 0.15) is 18.6 Å². The fourth-order valence-corrected chi connectivity index (χ4v) is 2.75. The lowest BCUT2D eigenvalue weighted by Crippen LogP contribution is -1.97. The van der Waals surface area contributed by atoms with Crippen LogP contribution in [0.3, 0.4) is 0 Å². The molecule has 0 fully saturated rings. The van der Waals surface area contributed by atoms with Gasteiger partial charge in [-0.15, -0.1) is 0 Å². The molecule has 0 spiro atoms. The van der Waals surface area contributed by atoms with Crippen molar-refractivity contribution in [1.29, 1.82) is 0 Å². The van der Waals surface area contributed by atoms with Gasteiger partial charge in [0.2, 0.25) is 0 Å². The van der Waals surface area contributed by atoms with Crippen LogP contribution in [-0.4, -0.2) is 5.11 Å². The summed E-state index contributed by atoms with van der Waals surface area (Å²) in [5.41, 5.74) is 3.08. The summed E-state index contributed by atoms with van der Waals surface area (Å²) < 4.78 is 0. The van der Waals surface area contributed by atoms with E-state index in [0.29, 0.717) is 5.02 Å². The third kappa shape index (κ3) is 2.31. The molecular weight excluding hydrogens is 268 g/mol. The summed E-state index contributed by atoms with van der Waals surface area (Å²) in [5, 5.41) is 13.1. The van der Waals surface area contributed by atoms with Crippen LogP contribution in [0.25, 0.3) is 21.9 Å². The van der Waals surface area contributed by atoms with E-state index in [9.17, 15) is 5.11 Å². The van der Waals surface area contributed by atoms with E-state index < -0.39 is 6.10 Å². The van der Waals surface area contributed by atoms with E-state index in [-0.39, 0.29) is 0 Å². The van der Waals surface area contributed by atoms with Crippen LogP contribution in [0.15, 0.2) is 60.7 Å². The van der Waals surface area contributed by atoms with Crippen LogP contribution in [-0.2, 0) is 0 Å². The second kappa shape index (κ2) is 5.28. The molecule has 1 N–H and O–H groups in total. The second-order valence-corrected chi connectivity index (χ2v) is 5.37. The number of fused-ring (bicyclic) bond motifs is 1. The number of hydrogen-bond donors (Lipinski definition) is 1. The molecule has 2 heteroatoms. The Morgan fingerprint density at radius 3 is 2.30 bits per heavy atom. The first-order valence-electron chi connectivity index (χ1n) is 6.62. The minimum atomic E-state index is -0.522. The molecule has 0 aliphatic rings. The maximum absolute atomic E-state index is 10.2. The lowest BCUT2D eigenvalue weighted by molar-refractivity contribution is 0.201. The smallest absolute Gasteiger partial charge is 0.0773 e. The molecule has 0 saturated heterocycles. The molecule has 3 rings (SSSR count). The van der Waals surface area contributed by atoms with E-state index in [2.05, 4.69) is 24.3 Å². The molecule has 0 amide bonds. The Labute approximate surface area is 123 Å². The summed E-state index contributed by atoms with van der Waals surface area (Å²) in [6, 6.07) is 20.0. The van der Waals surface area contributed by atoms with Crippen LogP contribution >= 0.6 is 11.6 Å². The highest BCUT2D eigenvalue weighted by Gasteiger charge is 2.13. The zero-order valence-electron chi connectivity index (χ0n) is 11.2. The normalized spacial score (nSPS) is 12.6. The van der Waals surface area contributed by atoms with Crippen molar-refractivity contribution in [2.75, 3.05) is 0 Å². The van der Waals surface area contributed by atoms with Crippen LogP contribution in [0.4, 0.5) is 0 Å². The van der Waals surface area contributed by atoms with Gasteiger partial charge in [-0.3, -0.25) is 0 Å². The van der Waals surface area contributed by atoms with Gasteiger partial charge in [0.1, 0.15) is 0 Å². The summed E-state index contributed by atoms with van der Waals surface area (Å²) in [6.45, 7) is 1.81. The van der Waals surface area contributed by atoms with Gasteiger partial charge in [-0.1, -0.05) is 60.1 Å². The summed E-state index contributed by atoms with van der Waals surface area (Å²) >= 11 is 5.95. The molecule has 3 aromatic rings. The van der Waals surface area contributed by atoms with Crippen LogP contribution in [0.2, 0.25) is 5.02 Å². The van der Waals surface area contributed by atoms with Crippen LogP contribution in [0.5, 0.6) is 0 Å². The average molecular weight is 283 g/mol. The van der Waals surface area contributed by atoms with Gasteiger partial charge in [0.25, 0.3) is 0 Å². The Morgan fingerprint density at radius 1 is 0.900 bits per heavy atom. The summed E-state index contributed by atoms with van der Waals surface area (Å²) in [7, 11) is 0. The van der Waals surface area contributed by atoms with E-state index in [1.807, 2.05) is 36.4 Å². The Morgan fingerprint density at radius 2 is 1.60 bits per heavy atom. The molecule has 0 aliphatic carbocycles. The first-order chi connectivity index (χ1) is 9.66. The topological polar surface area (TPSA) is 20.2 Å². The minimum absolute atomic E-state index is 0.522. The fraction of sp³-hybridized carbons (Fsp3) is 0.111. The fourth-order valence-electron chi connectivity index (χ4n) is 2.63. The monoisotopic (exact) mass is 282 g/mol. The van der Waals surface area contributed by atoms with Crippen molar-refractivity contribution in [2.45, 2.75) is 13.0 Å². The lowest BCUT2D eigenvalue weighted by Gasteiger charge is -2.16. The van der Waals surface area contributed by atoms with E-state index in [0.717, 1.165) is 27.5 Å². The van der Waals surface area contributed by atoms with E-state index in [4.69, 9.17) is 11.6 Å². The number of hydrogen-bond acceptors (Lipinski definition) is 1. The van der Waals surface area contributed by atoms with Gasteiger partial charge in [-0.2, -0.15) is 0 Å².